The molecule has 0 radical (unpaired) electrons. The van der Waals surface area contributed by atoms with Crippen molar-refractivity contribution < 1.29 is 19.1 Å². The van der Waals surface area contributed by atoms with Crippen LogP contribution in [0.1, 0.15) is 24.5 Å². The average molecular weight is 528 g/mol. The number of barbiturate groups is 1. The zero-order valence-electron chi connectivity index (χ0n) is 20.8. The van der Waals surface area contributed by atoms with Gasteiger partial charge in [0.15, 0.2) is 0 Å². The molecule has 2 heterocycles. The normalized spacial score (nSPS) is 14.8. The number of aromatic nitrogens is 1. The second-order valence-electron chi connectivity index (χ2n) is 8.91. The Balaban J connectivity index is 1.40. The third kappa shape index (κ3) is 5.06. The molecule has 8 heteroatoms. The quantitative estimate of drug-likeness (QED) is 0.173. The van der Waals surface area contributed by atoms with Gasteiger partial charge in [-0.15, -0.1) is 0 Å². The molecule has 4 aromatic rings. The van der Waals surface area contributed by atoms with Gasteiger partial charge in [-0.2, -0.15) is 0 Å². The highest BCUT2D eigenvalue weighted by Gasteiger charge is 2.37. The molecular weight excluding hydrogens is 502 g/mol. The highest BCUT2D eigenvalue weighted by Crippen LogP contribution is 2.28. The number of hydrogen-bond donors (Lipinski definition) is 1. The van der Waals surface area contributed by atoms with Crippen LogP contribution in [0.2, 0.25) is 5.02 Å². The summed E-state index contributed by atoms with van der Waals surface area (Å²) >= 11 is 6.17. The zero-order chi connectivity index (χ0) is 26.6. The molecule has 4 amide bonds. The number of ether oxygens (including phenoxy) is 1. The molecule has 0 saturated carbocycles. The fourth-order valence-electron chi connectivity index (χ4n) is 4.48. The van der Waals surface area contributed by atoms with Gasteiger partial charge in [-0.1, -0.05) is 61.0 Å². The summed E-state index contributed by atoms with van der Waals surface area (Å²) in [5, 5.41) is 3.76. The fourth-order valence-corrected chi connectivity index (χ4v) is 4.67. The number of halogens is 1. The van der Waals surface area contributed by atoms with E-state index >= 15 is 0 Å². The van der Waals surface area contributed by atoms with E-state index in [0.29, 0.717) is 35.2 Å². The molecule has 1 saturated heterocycles. The van der Waals surface area contributed by atoms with Gasteiger partial charge in [-0.3, -0.25) is 14.9 Å². The van der Waals surface area contributed by atoms with Gasteiger partial charge >= 0.3 is 6.03 Å². The number of rotatable bonds is 8. The van der Waals surface area contributed by atoms with Crippen molar-refractivity contribution in [2.45, 2.75) is 26.3 Å². The lowest BCUT2D eigenvalue weighted by Gasteiger charge is -2.26. The molecule has 1 fully saturated rings. The van der Waals surface area contributed by atoms with Crippen molar-refractivity contribution in [1.82, 2.24) is 9.88 Å². The zero-order valence-corrected chi connectivity index (χ0v) is 21.6. The minimum absolute atomic E-state index is 0.103. The van der Waals surface area contributed by atoms with E-state index in [9.17, 15) is 14.4 Å². The molecule has 192 valence electrons. The number of imide groups is 2. The largest absolute Gasteiger partial charge is 0.492 e. The maximum atomic E-state index is 13.4. The lowest BCUT2D eigenvalue weighted by Crippen LogP contribution is -2.54. The first kappa shape index (κ1) is 25.3. The van der Waals surface area contributed by atoms with Crippen LogP contribution in [0.3, 0.4) is 0 Å². The lowest BCUT2D eigenvalue weighted by molar-refractivity contribution is -0.122. The van der Waals surface area contributed by atoms with Crippen LogP contribution in [0.5, 0.6) is 5.75 Å². The van der Waals surface area contributed by atoms with Crippen LogP contribution in [-0.2, 0) is 22.6 Å². The van der Waals surface area contributed by atoms with E-state index < -0.39 is 17.8 Å². The Bertz CT molecular complexity index is 1560. The number of anilines is 1. The Morgan fingerprint density at radius 1 is 0.947 bits per heavy atom. The lowest BCUT2D eigenvalue weighted by atomic mass is 10.1. The van der Waals surface area contributed by atoms with Crippen molar-refractivity contribution in [2.75, 3.05) is 11.5 Å². The topological polar surface area (TPSA) is 80.6 Å². The first-order valence-electron chi connectivity index (χ1n) is 12.4. The smallest absolute Gasteiger partial charge is 0.335 e. The van der Waals surface area contributed by atoms with E-state index in [1.165, 1.54) is 0 Å². The number of fused-ring (bicyclic) bond motifs is 1. The van der Waals surface area contributed by atoms with Gasteiger partial charge in [0, 0.05) is 29.2 Å². The first-order chi connectivity index (χ1) is 18.5. The van der Waals surface area contributed by atoms with Crippen molar-refractivity contribution in [2.24, 2.45) is 0 Å². The molecule has 7 nitrogen and oxygen atoms in total. The summed E-state index contributed by atoms with van der Waals surface area (Å²) in [5.41, 5.74) is 3.05. The number of benzene rings is 3. The molecule has 0 atom stereocenters. The summed E-state index contributed by atoms with van der Waals surface area (Å²) < 4.78 is 7.88. The molecule has 1 aliphatic rings. The minimum atomic E-state index is -0.762. The Morgan fingerprint density at radius 2 is 1.68 bits per heavy atom. The highest BCUT2D eigenvalue weighted by atomic mass is 35.5. The summed E-state index contributed by atoms with van der Waals surface area (Å²) in [6, 6.07) is 21.5. The average Bonchev–Trinajstić information content (AvgIpc) is 3.27. The van der Waals surface area contributed by atoms with E-state index in [4.69, 9.17) is 16.3 Å². The van der Waals surface area contributed by atoms with Crippen LogP contribution in [0.15, 0.2) is 84.6 Å². The number of carbonyl (C=O) groups excluding carboxylic acids is 3. The van der Waals surface area contributed by atoms with Crippen LogP contribution >= 0.6 is 11.6 Å². The summed E-state index contributed by atoms with van der Waals surface area (Å²) in [5.74, 6) is -0.735. The highest BCUT2D eigenvalue weighted by molar-refractivity contribution is 6.39. The predicted molar refractivity (Wildman–Crippen MR) is 148 cm³/mol. The number of urea groups is 1. The van der Waals surface area contributed by atoms with Crippen molar-refractivity contribution >= 4 is 52.1 Å². The van der Waals surface area contributed by atoms with Crippen LogP contribution in [-0.4, -0.2) is 29.0 Å². The Labute approximate surface area is 225 Å². The van der Waals surface area contributed by atoms with Crippen molar-refractivity contribution in [3.8, 4) is 5.75 Å². The van der Waals surface area contributed by atoms with E-state index in [1.54, 1.807) is 24.3 Å². The summed E-state index contributed by atoms with van der Waals surface area (Å²) in [7, 11) is 0. The van der Waals surface area contributed by atoms with Crippen molar-refractivity contribution in [1.29, 1.82) is 0 Å². The standard InChI is InChI=1S/C30H26ClN3O4/c1-2-20-12-14-22(15-13-20)34-29(36)24(28(35)32-30(34)37)18-21-19-33(26-10-5-3-8-23(21)26)16-7-17-38-27-11-6-4-9-25(27)31/h3-6,8-15,18-19H,2,7,16-17H2,1H3,(H,32,35,37)/b24-18-. The maximum Gasteiger partial charge on any atom is 0.335 e. The summed E-state index contributed by atoms with van der Waals surface area (Å²) in [6.07, 6.45) is 5.01. The van der Waals surface area contributed by atoms with Crippen molar-refractivity contribution in [3.63, 3.8) is 0 Å². The van der Waals surface area contributed by atoms with Crippen molar-refractivity contribution in [3.05, 3.63) is 101 Å². The van der Waals surface area contributed by atoms with Crippen LogP contribution in [0.25, 0.3) is 17.0 Å². The summed E-state index contributed by atoms with van der Waals surface area (Å²) in [4.78, 5) is 39.7. The number of nitrogens with zero attached hydrogens (tertiary/aromatic N) is 2. The molecule has 5 rings (SSSR count). The van der Waals surface area contributed by atoms with E-state index in [-0.39, 0.29) is 5.57 Å². The summed E-state index contributed by atoms with van der Waals surface area (Å²) in [6.45, 7) is 3.15. The molecule has 0 aliphatic carbocycles. The molecule has 1 N–H and O–H groups in total. The molecule has 38 heavy (non-hydrogen) atoms. The second kappa shape index (κ2) is 10.9. The number of carbonyl (C=O) groups is 3. The Kier molecular flexibility index (Phi) is 7.29. The molecular formula is C30H26ClN3O4. The predicted octanol–water partition coefficient (Wildman–Crippen LogP) is 5.99. The molecule has 0 spiro atoms. The number of nitrogens with one attached hydrogen (secondary N) is 1. The second-order valence-corrected chi connectivity index (χ2v) is 9.31. The molecule has 0 bridgehead atoms. The Morgan fingerprint density at radius 3 is 2.45 bits per heavy atom. The van der Waals surface area contributed by atoms with E-state index in [2.05, 4.69) is 9.88 Å². The molecule has 1 aliphatic heterocycles. The van der Waals surface area contributed by atoms with Crippen LogP contribution < -0.4 is 15.0 Å². The number of hydrogen-bond acceptors (Lipinski definition) is 4. The number of para-hydroxylation sites is 2. The van der Waals surface area contributed by atoms with Gasteiger partial charge in [0.2, 0.25) is 0 Å². The molecule has 1 aromatic heterocycles. The SMILES string of the molecule is CCc1ccc(N2C(=O)NC(=O)/C(=C/c3cn(CCCOc4ccccc4Cl)c4ccccc34)C2=O)cc1. The van der Waals surface area contributed by atoms with Gasteiger partial charge in [-0.05, 0) is 54.8 Å². The third-order valence-electron chi connectivity index (χ3n) is 6.46. The number of aryl methyl sites for hydroxylation is 2. The molecule has 3 aromatic carbocycles. The maximum absolute atomic E-state index is 13.4. The van der Waals surface area contributed by atoms with E-state index in [1.807, 2.05) is 67.7 Å². The van der Waals surface area contributed by atoms with Gasteiger partial charge in [0.1, 0.15) is 11.3 Å². The van der Waals surface area contributed by atoms with Gasteiger partial charge in [0.25, 0.3) is 11.8 Å². The Hall–Kier alpha value is -4.36. The first-order valence-corrected chi connectivity index (χ1v) is 12.8. The van der Waals surface area contributed by atoms with Crippen LogP contribution in [0, 0.1) is 0 Å². The van der Waals surface area contributed by atoms with Crippen LogP contribution in [0.4, 0.5) is 10.5 Å². The minimum Gasteiger partial charge on any atom is -0.492 e. The number of amides is 4. The molecule has 0 unspecified atom stereocenters. The monoisotopic (exact) mass is 527 g/mol. The van der Waals surface area contributed by atoms with E-state index in [0.717, 1.165) is 34.2 Å². The van der Waals surface area contributed by atoms with Gasteiger partial charge in [0.05, 0.1) is 17.3 Å². The third-order valence-corrected chi connectivity index (χ3v) is 6.77. The fraction of sp³-hybridized carbons (Fsp3) is 0.167. The van der Waals surface area contributed by atoms with Gasteiger partial charge in [-0.25, -0.2) is 9.69 Å². The van der Waals surface area contributed by atoms with Gasteiger partial charge < -0.3 is 9.30 Å².